The Labute approximate surface area is 158 Å². The molecule has 0 N–H and O–H groups in total. The van der Waals surface area contributed by atoms with E-state index in [0.29, 0.717) is 17.8 Å². The monoisotopic (exact) mass is 368 g/mol. The first kappa shape index (κ1) is 19.0. The standard InChI is InChI=1S/C21H25FN4O/c1-6-25(16-9-7-15(22)8-10-16)21(27)17-11-19(13(2)3)24-20-18(17)12-23-26(20)14(4)5/h7-14H,6H2,1-5H3. The maximum Gasteiger partial charge on any atom is 0.259 e. The minimum atomic E-state index is -0.325. The molecule has 3 aromatic rings. The van der Waals surface area contributed by atoms with E-state index in [4.69, 9.17) is 4.98 Å². The fraction of sp³-hybridized carbons (Fsp3) is 0.381. The largest absolute Gasteiger partial charge is 0.309 e. The summed E-state index contributed by atoms with van der Waals surface area (Å²) in [5.41, 5.74) is 2.80. The van der Waals surface area contributed by atoms with E-state index < -0.39 is 0 Å². The van der Waals surface area contributed by atoms with Crippen LogP contribution in [0, 0.1) is 5.82 Å². The van der Waals surface area contributed by atoms with Gasteiger partial charge in [-0.25, -0.2) is 14.1 Å². The third-order valence-corrected chi connectivity index (χ3v) is 4.60. The van der Waals surface area contributed by atoms with Gasteiger partial charge in [0.1, 0.15) is 5.82 Å². The number of nitrogens with zero attached hydrogens (tertiary/aromatic N) is 4. The van der Waals surface area contributed by atoms with Crippen LogP contribution in [0.15, 0.2) is 36.5 Å². The normalized spacial score (nSPS) is 11.6. The minimum Gasteiger partial charge on any atom is -0.309 e. The molecule has 1 amide bonds. The van der Waals surface area contributed by atoms with Crippen LogP contribution in [0.5, 0.6) is 0 Å². The Kier molecular flexibility index (Phi) is 5.26. The van der Waals surface area contributed by atoms with Gasteiger partial charge in [0, 0.05) is 24.0 Å². The predicted molar refractivity (Wildman–Crippen MR) is 106 cm³/mol. The zero-order valence-electron chi connectivity index (χ0n) is 16.4. The highest BCUT2D eigenvalue weighted by atomic mass is 19.1. The summed E-state index contributed by atoms with van der Waals surface area (Å²) >= 11 is 0. The number of benzene rings is 1. The van der Waals surface area contributed by atoms with Crippen molar-refractivity contribution in [2.75, 3.05) is 11.4 Å². The number of carbonyl (C=O) groups is 1. The quantitative estimate of drug-likeness (QED) is 0.641. The topological polar surface area (TPSA) is 51.0 Å². The highest BCUT2D eigenvalue weighted by molar-refractivity contribution is 6.13. The fourth-order valence-corrected chi connectivity index (χ4v) is 3.10. The summed E-state index contributed by atoms with van der Waals surface area (Å²) in [6, 6.07) is 7.97. The lowest BCUT2D eigenvalue weighted by Gasteiger charge is -2.22. The first-order valence-electron chi connectivity index (χ1n) is 9.29. The van der Waals surface area contributed by atoms with Crippen molar-refractivity contribution in [3.05, 3.63) is 53.6 Å². The molecule has 1 aromatic carbocycles. The Morgan fingerprint density at radius 1 is 1.19 bits per heavy atom. The molecule has 5 nitrogen and oxygen atoms in total. The number of fused-ring (bicyclic) bond motifs is 1. The molecule has 0 fully saturated rings. The molecule has 0 radical (unpaired) electrons. The summed E-state index contributed by atoms with van der Waals surface area (Å²) in [5, 5.41) is 5.18. The fourth-order valence-electron chi connectivity index (χ4n) is 3.10. The molecule has 2 aromatic heterocycles. The van der Waals surface area contributed by atoms with Crippen molar-refractivity contribution in [1.29, 1.82) is 0 Å². The van der Waals surface area contributed by atoms with E-state index in [2.05, 4.69) is 18.9 Å². The highest BCUT2D eigenvalue weighted by Gasteiger charge is 2.23. The third-order valence-electron chi connectivity index (χ3n) is 4.60. The molecular formula is C21H25FN4O. The second-order valence-electron chi connectivity index (χ2n) is 7.20. The van der Waals surface area contributed by atoms with Gasteiger partial charge < -0.3 is 4.90 Å². The maximum atomic E-state index is 13.4. The van der Waals surface area contributed by atoms with Gasteiger partial charge in [0.25, 0.3) is 5.91 Å². The summed E-state index contributed by atoms with van der Waals surface area (Å²) in [6.45, 7) is 10.6. The number of pyridine rings is 1. The first-order chi connectivity index (χ1) is 12.8. The lowest BCUT2D eigenvalue weighted by Crippen LogP contribution is -2.31. The molecule has 0 atom stereocenters. The molecule has 0 aliphatic rings. The SMILES string of the molecule is CCN(C(=O)c1cc(C(C)C)nc2c1cnn2C(C)C)c1ccc(F)cc1. The Morgan fingerprint density at radius 3 is 2.41 bits per heavy atom. The third kappa shape index (κ3) is 3.56. The molecule has 0 saturated heterocycles. The summed E-state index contributed by atoms with van der Waals surface area (Å²) in [5.74, 6) is -0.284. The van der Waals surface area contributed by atoms with Gasteiger partial charge in [-0.3, -0.25) is 4.79 Å². The van der Waals surface area contributed by atoms with E-state index in [1.54, 1.807) is 23.2 Å². The Hall–Kier alpha value is -2.76. The van der Waals surface area contributed by atoms with Crippen molar-refractivity contribution in [1.82, 2.24) is 14.8 Å². The molecule has 0 bridgehead atoms. The second kappa shape index (κ2) is 7.47. The van der Waals surface area contributed by atoms with Gasteiger partial charge in [0.05, 0.1) is 17.1 Å². The number of amides is 1. The zero-order valence-corrected chi connectivity index (χ0v) is 16.4. The molecule has 3 rings (SSSR count). The molecule has 0 aliphatic heterocycles. The molecule has 6 heteroatoms. The Balaban J connectivity index is 2.16. The molecule has 2 heterocycles. The number of hydrogen-bond acceptors (Lipinski definition) is 3. The highest BCUT2D eigenvalue weighted by Crippen LogP contribution is 2.27. The Morgan fingerprint density at radius 2 is 1.85 bits per heavy atom. The van der Waals surface area contributed by atoms with Crippen molar-refractivity contribution in [2.24, 2.45) is 0 Å². The average molecular weight is 368 g/mol. The minimum absolute atomic E-state index is 0.137. The smallest absolute Gasteiger partial charge is 0.259 e. The van der Waals surface area contributed by atoms with Crippen LogP contribution in [0.25, 0.3) is 11.0 Å². The molecule has 0 saturated carbocycles. The van der Waals surface area contributed by atoms with Gasteiger partial charge in [-0.1, -0.05) is 13.8 Å². The summed E-state index contributed by atoms with van der Waals surface area (Å²) in [7, 11) is 0. The van der Waals surface area contributed by atoms with E-state index in [9.17, 15) is 9.18 Å². The van der Waals surface area contributed by atoms with Crippen LogP contribution in [0.2, 0.25) is 0 Å². The number of halogens is 1. The van der Waals surface area contributed by atoms with Gasteiger partial charge in [0.15, 0.2) is 5.65 Å². The molecule has 142 valence electrons. The van der Waals surface area contributed by atoms with Crippen molar-refractivity contribution in [3.63, 3.8) is 0 Å². The summed E-state index contributed by atoms with van der Waals surface area (Å²) < 4.78 is 15.1. The number of hydrogen-bond donors (Lipinski definition) is 0. The van der Waals surface area contributed by atoms with Crippen molar-refractivity contribution < 1.29 is 9.18 Å². The van der Waals surface area contributed by atoms with E-state index in [1.807, 2.05) is 31.5 Å². The predicted octanol–water partition coefficient (Wildman–Crippen LogP) is 4.94. The van der Waals surface area contributed by atoms with Gasteiger partial charge in [-0.15, -0.1) is 0 Å². The number of rotatable bonds is 5. The molecule has 0 unspecified atom stereocenters. The van der Waals surface area contributed by atoms with Crippen LogP contribution in [-0.4, -0.2) is 27.2 Å². The van der Waals surface area contributed by atoms with E-state index in [-0.39, 0.29) is 23.7 Å². The Bertz CT molecular complexity index is 960. The van der Waals surface area contributed by atoms with Gasteiger partial charge in [-0.2, -0.15) is 5.10 Å². The van der Waals surface area contributed by atoms with Crippen LogP contribution in [0.3, 0.4) is 0 Å². The maximum absolute atomic E-state index is 13.4. The van der Waals surface area contributed by atoms with Crippen LogP contribution in [-0.2, 0) is 0 Å². The first-order valence-corrected chi connectivity index (χ1v) is 9.29. The van der Waals surface area contributed by atoms with Crippen LogP contribution >= 0.6 is 0 Å². The summed E-state index contributed by atoms with van der Waals surface area (Å²) in [4.78, 5) is 19.8. The van der Waals surface area contributed by atoms with Gasteiger partial charge in [-0.05, 0) is 57.0 Å². The van der Waals surface area contributed by atoms with Crippen LogP contribution in [0.4, 0.5) is 10.1 Å². The van der Waals surface area contributed by atoms with Gasteiger partial charge in [0.2, 0.25) is 0 Å². The van der Waals surface area contributed by atoms with E-state index in [0.717, 1.165) is 16.7 Å². The van der Waals surface area contributed by atoms with Gasteiger partial charge >= 0.3 is 0 Å². The lowest BCUT2D eigenvalue weighted by molar-refractivity contribution is 0.0989. The van der Waals surface area contributed by atoms with Crippen LogP contribution < -0.4 is 4.90 Å². The molecule has 0 spiro atoms. The van der Waals surface area contributed by atoms with E-state index in [1.165, 1.54) is 12.1 Å². The van der Waals surface area contributed by atoms with E-state index >= 15 is 0 Å². The zero-order chi connectivity index (χ0) is 19.7. The van der Waals surface area contributed by atoms with Crippen molar-refractivity contribution in [2.45, 2.75) is 46.6 Å². The molecule has 27 heavy (non-hydrogen) atoms. The average Bonchev–Trinajstić information content (AvgIpc) is 3.07. The lowest BCUT2D eigenvalue weighted by atomic mass is 10.0. The number of carbonyl (C=O) groups excluding carboxylic acids is 1. The second-order valence-corrected chi connectivity index (χ2v) is 7.20. The summed E-state index contributed by atoms with van der Waals surface area (Å²) in [6.07, 6.45) is 1.71. The van der Waals surface area contributed by atoms with Crippen molar-refractivity contribution in [3.8, 4) is 0 Å². The molecule has 0 aliphatic carbocycles. The van der Waals surface area contributed by atoms with Crippen LogP contribution in [0.1, 0.15) is 62.6 Å². The number of anilines is 1. The van der Waals surface area contributed by atoms with Crippen molar-refractivity contribution >= 4 is 22.6 Å². The molecular weight excluding hydrogens is 343 g/mol. The number of aromatic nitrogens is 3.